The molecule has 0 amide bonds. The summed E-state index contributed by atoms with van der Waals surface area (Å²) in [5, 5.41) is 0. The van der Waals surface area contributed by atoms with Gasteiger partial charge in [0, 0.05) is 4.90 Å². The number of benzene rings is 1. The van der Waals surface area contributed by atoms with Gasteiger partial charge in [-0.25, -0.2) is 0 Å². The Bertz CT molecular complexity index is 223. The first-order valence-electron chi connectivity index (χ1n) is 3.81. The average Bonchev–Trinajstić information content (AvgIpc) is 2.01. The molecule has 0 saturated heterocycles. The lowest BCUT2D eigenvalue weighted by Gasteiger charge is -1.99. The quantitative estimate of drug-likeness (QED) is 0.660. The Morgan fingerprint density at radius 2 is 2.18 bits per heavy atom. The highest BCUT2D eigenvalue weighted by Crippen LogP contribution is 2.09. The van der Waals surface area contributed by atoms with Crippen molar-refractivity contribution in [3.8, 4) is 0 Å². The maximum Gasteiger partial charge on any atom is 0.00427 e. The summed E-state index contributed by atoms with van der Waals surface area (Å²) in [7, 11) is 0. The molecule has 1 aromatic rings. The minimum absolute atomic E-state index is 0.761. The summed E-state index contributed by atoms with van der Waals surface area (Å²) in [5.41, 5.74) is 6.72. The molecular formula is C9H13NS. The van der Waals surface area contributed by atoms with Crippen LogP contribution in [0.1, 0.15) is 12.0 Å². The molecule has 11 heavy (non-hydrogen) atoms. The second-order valence-corrected chi connectivity index (χ2v) is 3.08. The summed E-state index contributed by atoms with van der Waals surface area (Å²) in [5.74, 6) is 0. The van der Waals surface area contributed by atoms with Crippen LogP contribution in [0.4, 0.5) is 0 Å². The van der Waals surface area contributed by atoms with Crippen molar-refractivity contribution in [2.75, 3.05) is 6.54 Å². The Hall–Kier alpha value is -0.470. The molecule has 0 unspecified atom stereocenters. The van der Waals surface area contributed by atoms with E-state index in [2.05, 4.69) is 24.8 Å². The van der Waals surface area contributed by atoms with Gasteiger partial charge in [0.15, 0.2) is 0 Å². The minimum atomic E-state index is 0.761. The van der Waals surface area contributed by atoms with E-state index in [0.717, 1.165) is 24.3 Å². The fourth-order valence-electron chi connectivity index (χ4n) is 1.02. The highest BCUT2D eigenvalue weighted by Gasteiger charge is 1.91. The molecule has 1 aromatic carbocycles. The van der Waals surface area contributed by atoms with E-state index in [1.54, 1.807) is 0 Å². The maximum atomic E-state index is 5.40. The molecule has 0 atom stereocenters. The third kappa shape index (κ3) is 2.95. The van der Waals surface area contributed by atoms with Gasteiger partial charge in [0.25, 0.3) is 0 Å². The van der Waals surface area contributed by atoms with Crippen LogP contribution in [-0.2, 0) is 6.42 Å². The van der Waals surface area contributed by atoms with Crippen LogP contribution in [0.25, 0.3) is 0 Å². The van der Waals surface area contributed by atoms with E-state index >= 15 is 0 Å². The lowest BCUT2D eigenvalue weighted by Crippen LogP contribution is -2.00. The van der Waals surface area contributed by atoms with Gasteiger partial charge in [0.1, 0.15) is 0 Å². The Labute approximate surface area is 73.0 Å². The van der Waals surface area contributed by atoms with Gasteiger partial charge in [-0.1, -0.05) is 12.1 Å². The molecule has 0 fully saturated rings. The molecule has 2 N–H and O–H groups in total. The van der Waals surface area contributed by atoms with Gasteiger partial charge in [-0.05, 0) is 37.1 Å². The monoisotopic (exact) mass is 167 g/mol. The molecule has 2 heteroatoms. The van der Waals surface area contributed by atoms with Crippen molar-refractivity contribution in [1.82, 2.24) is 0 Å². The Morgan fingerprint density at radius 1 is 1.36 bits per heavy atom. The minimum Gasteiger partial charge on any atom is -0.330 e. The summed E-state index contributed by atoms with van der Waals surface area (Å²) in [6, 6.07) is 8.19. The number of rotatable bonds is 3. The fourth-order valence-corrected chi connectivity index (χ4v) is 1.27. The Balaban J connectivity index is 2.56. The van der Waals surface area contributed by atoms with Crippen LogP contribution in [-0.4, -0.2) is 6.54 Å². The number of aryl methyl sites for hydroxylation is 1. The molecular weight excluding hydrogens is 154 g/mol. The van der Waals surface area contributed by atoms with Crippen molar-refractivity contribution < 1.29 is 0 Å². The van der Waals surface area contributed by atoms with E-state index in [-0.39, 0.29) is 0 Å². The Morgan fingerprint density at radius 3 is 2.82 bits per heavy atom. The van der Waals surface area contributed by atoms with Crippen LogP contribution >= 0.6 is 12.6 Å². The van der Waals surface area contributed by atoms with E-state index < -0.39 is 0 Å². The zero-order chi connectivity index (χ0) is 8.10. The normalized spacial score (nSPS) is 10.0. The van der Waals surface area contributed by atoms with Gasteiger partial charge in [-0.2, -0.15) is 0 Å². The molecule has 1 nitrogen and oxygen atoms in total. The van der Waals surface area contributed by atoms with Crippen LogP contribution in [0.3, 0.4) is 0 Å². The third-order valence-electron chi connectivity index (χ3n) is 1.58. The summed E-state index contributed by atoms with van der Waals surface area (Å²) in [4.78, 5) is 1.03. The second kappa shape index (κ2) is 4.42. The van der Waals surface area contributed by atoms with Crippen molar-refractivity contribution in [2.45, 2.75) is 17.7 Å². The van der Waals surface area contributed by atoms with Gasteiger partial charge in [0.2, 0.25) is 0 Å². The molecule has 0 bridgehead atoms. The first-order valence-corrected chi connectivity index (χ1v) is 4.25. The van der Waals surface area contributed by atoms with Gasteiger partial charge in [0.05, 0.1) is 0 Å². The largest absolute Gasteiger partial charge is 0.330 e. The number of thiol groups is 1. The number of hydrogen-bond donors (Lipinski definition) is 2. The summed E-state index contributed by atoms with van der Waals surface area (Å²) >= 11 is 4.24. The van der Waals surface area contributed by atoms with Gasteiger partial charge in [-0.15, -0.1) is 12.6 Å². The number of nitrogens with two attached hydrogens (primary N) is 1. The summed E-state index contributed by atoms with van der Waals surface area (Å²) in [6.07, 6.45) is 2.11. The molecule has 0 aliphatic rings. The van der Waals surface area contributed by atoms with Gasteiger partial charge < -0.3 is 5.73 Å². The summed E-state index contributed by atoms with van der Waals surface area (Å²) < 4.78 is 0. The van der Waals surface area contributed by atoms with Crippen LogP contribution in [0, 0.1) is 0 Å². The topological polar surface area (TPSA) is 26.0 Å². The van der Waals surface area contributed by atoms with Gasteiger partial charge in [-0.3, -0.25) is 0 Å². The molecule has 0 aromatic heterocycles. The SMILES string of the molecule is NCCCc1cccc(S)c1. The van der Waals surface area contributed by atoms with Crippen LogP contribution in [0.15, 0.2) is 29.2 Å². The molecule has 0 spiro atoms. The smallest absolute Gasteiger partial charge is 0.00427 e. The van der Waals surface area contributed by atoms with Crippen molar-refractivity contribution in [3.63, 3.8) is 0 Å². The molecule has 0 radical (unpaired) electrons. The molecule has 0 aliphatic carbocycles. The molecule has 1 rings (SSSR count). The molecule has 0 heterocycles. The zero-order valence-corrected chi connectivity index (χ0v) is 7.35. The Kier molecular flexibility index (Phi) is 3.46. The van der Waals surface area contributed by atoms with Crippen LogP contribution in [0.2, 0.25) is 0 Å². The third-order valence-corrected chi connectivity index (χ3v) is 1.86. The van der Waals surface area contributed by atoms with E-state index in [1.807, 2.05) is 12.1 Å². The predicted octanol–water partition coefficient (Wildman–Crippen LogP) is 1.87. The molecule has 60 valence electrons. The maximum absolute atomic E-state index is 5.40. The number of hydrogen-bond acceptors (Lipinski definition) is 2. The summed E-state index contributed by atoms with van der Waals surface area (Å²) in [6.45, 7) is 0.761. The highest BCUT2D eigenvalue weighted by molar-refractivity contribution is 7.80. The van der Waals surface area contributed by atoms with Crippen molar-refractivity contribution in [2.24, 2.45) is 5.73 Å². The van der Waals surface area contributed by atoms with E-state index in [9.17, 15) is 0 Å². The average molecular weight is 167 g/mol. The van der Waals surface area contributed by atoms with Crippen LogP contribution in [0.5, 0.6) is 0 Å². The zero-order valence-electron chi connectivity index (χ0n) is 6.46. The van der Waals surface area contributed by atoms with Crippen molar-refractivity contribution in [1.29, 1.82) is 0 Å². The van der Waals surface area contributed by atoms with E-state index in [1.165, 1.54) is 5.56 Å². The van der Waals surface area contributed by atoms with Gasteiger partial charge >= 0.3 is 0 Å². The van der Waals surface area contributed by atoms with Crippen molar-refractivity contribution >= 4 is 12.6 Å². The fraction of sp³-hybridized carbons (Fsp3) is 0.333. The first kappa shape index (κ1) is 8.62. The van der Waals surface area contributed by atoms with Crippen LogP contribution < -0.4 is 5.73 Å². The van der Waals surface area contributed by atoms with E-state index in [4.69, 9.17) is 5.73 Å². The lowest BCUT2D eigenvalue weighted by atomic mass is 10.1. The highest BCUT2D eigenvalue weighted by atomic mass is 32.1. The standard InChI is InChI=1S/C9H13NS/c10-6-2-4-8-3-1-5-9(11)7-8/h1,3,5,7,11H,2,4,6,10H2. The van der Waals surface area contributed by atoms with E-state index in [0.29, 0.717) is 0 Å². The second-order valence-electron chi connectivity index (χ2n) is 2.56. The molecule has 0 aliphatic heterocycles. The molecule has 0 saturated carbocycles. The van der Waals surface area contributed by atoms with Crippen molar-refractivity contribution in [3.05, 3.63) is 29.8 Å². The lowest BCUT2D eigenvalue weighted by molar-refractivity contribution is 0.831. The first-order chi connectivity index (χ1) is 5.33. The predicted molar refractivity (Wildman–Crippen MR) is 51.1 cm³/mol.